The number of benzene rings is 2. The molecule has 0 aliphatic carbocycles. The molecule has 3 aromatic rings. The number of aromatic nitrogens is 3. The standard InChI is InChI=1S/C22H22F2N4O2/c23-18-6-4-15(5-7-18)14-28-21(25-26-22(28)30)17-8-10-27(11-9-17)20(29)13-16-2-1-3-19(24)12-16/h1-7,12,17H,8-11,13-14H2,(H,26,30). The van der Waals surface area contributed by atoms with Gasteiger partial charge in [-0.05, 0) is 48.2 Å². The highest BCUT2D eigenvalue weighted by Crippen LogP contribution is 2.26. The molecule has 2 heterocycles. The number of H-pyrrole nitrogens is 1. The minimum atomic E-state index is -0.350. The van der Waals surface area contributed by atoms with Crippen molar-refractivity contribution in [2.75, 3.05) is 13.1 Å². The van der Waals surface area contributed by atoms with E-state index < -0.39 is 0 Å². The van der Waals surface area contributed by atoms with E-state index in [-0.39, 0.29) is 35.6 Å². The lowest BCUT2D eigenvalue weighted by molar-refractivity contribution is -0.131. The molecule has 0 saturated carbocycles. The Kier molecular flexibility index (Phi) is 5.74. The maximum absolute atomic E-state index is 13.3. The molecule has 1 fully saturated rings. The summed E-state index contributed by atoms with van der Waals surface area (Å²) in [6.07, 6.45) is 1.53. The quantitative estimate of drug-likeness (QED) is 0.701. The van der Waals surface area contributed by atoms with Gasteiger partial charge in [-0.15, -0.1) is 0 Å². The fraction of sp³-hybridized carbons (Fsp3) is 0.318. The lowest BCUT2D eigenvalue weighted by atomic mass is 9.95. The van der Waals surface area contributed by atoms with E-state index in [4.69, 9.17) is 0 Å². The molecular formula is C22H22F2N4O2. The van der Waals surface area contributed by atoms with Crippen LogP contribution >= 0.6 is 0 Å². The third-order valence-corrected chi connectivity index (χ3v) is 5.50. The van der Waals surface area contributed by atoms with Gasteiger partial charge in [-0.2, -0.15) is 5.10 Å². The van der Waals surface area contributed by atoms with E-state index >= 15 is 0 Å². The molecular weight excluding hydrogens is 390 g/mol. The number of piperidine rings is 1. The second-order valence-electron chi connectivity index (χ2n) is 7.56. The molecule has 0 atom stereocenters. The molecule has 1 N–H and O–H groups in total. The van der Waals surface area contributed by atoms with Crippen LogP contribution in [0.1, 0.15) is 35.7 Å². The monoisotopic (exact) mass is 412 g/mol. The Bertz CT molecular complexity index is 1080. The van der Waals surface area contributed by atoms with E-state index in [1.807, 2.05) is 0 Å². The second kappa shape index (κ2) is 8.61. The fourth-order valence-electron chi connectivity index (χ4n) is 3.89. The third kappa shape index (κ3) is 4.48. The van der Waals surface area contributed by atoms with Crippen molar-refractivity contribution < 1.29 is 13.6 Å². The first kappa shape index (κ1) is 20.0. The molecule has 8 heteroatoms. The number of carbonyl (C=O) groups is 1. The highest BCUT2D eigenvalue weighted by Gasteiger charge is 2.27. The summed E-state index contributed by atoms with van der Waals surface area (Å²) in [5, 5.41) is 6.71. The molecule has 2 aromatic carbocycles. The van der Waals surface area contributed by atoms with Crippen molar-refractivity contribution in [2.24, 2.45) is 0 Å². The SMILES string of the molecule is O=C(Cc1cccc(F)c1)N1CCC(c2n[nH]c(=O)n2Cc2ccc(F)cc2)CC1. The lowest BCUT2D eigenvalue weighted by Crippen LogP contribution is -2.39. The lowest BCUT2D eigenvalue weighted by Gasteiger charge is -2.31. The summed E-state index contributed by atoms with van der Waals surface area (Å²) < 4.78 is 28.0. The minimum absolute atomic E-state index is 0.0372. The number of rotatable bonds is 5. The number of carbonyl (C=O) groups excluding carboxylic acids is 1. The Morgan fingerprint density at radius 1 is 1.03 bits per heavy atom. The predicted octanol–water partition coefficient (Wildman–Crippen LogP) is 2.85. The topological polar surface area (TPSA) is 71.0 Å². The Morgan fingerprint density at radius 3 is 2.47 bits per heavy atom. The summed E-state index contributed by atoms with van der Waals surface area (Å²) in [7, 11) is 0. The van der Waals surface area contributed by atoms with Gasteiger partial charge in [0, 0.05) is 19.0 Å². The van der Waals surface area contributed by atoms with Crippen molar-refractivity contribution >= 4 is 5.91 Å². The van der Waals surface area contributed by atoms with Crippen LogP contribution in [0, 0.1) is 11.6 Å². The van der Waals surface area contributed by atoms with Crippen molar-refractivity contribution in [2.45, 2.75) is 31.7 Å². The molecule has 1 aliphatic rings. The van der Waals surface area contributed by atoms with Crippen molar-refractivity contribution in [3.8, 4) is 0 Å². The average Bonchev–Trinajstić information content (AvgIpc) is 3.10. The van der Waals surface area contributed by atoms with E-state index in [1.54, 1.807) is 33.7 Å². The van der Waals surface area contributed by atoms with E-state index in [2.05, 4.69) is 10.2 Å². The molecule has 156 valence electrons. The van der Waals surface area contributed by atoms with Crippen molar-refractivity contribution in [1.82, 2.24) is 19.7 Å². The minimum Gasteiger partial charge on any atom is -0.342 e. The van der Waals surface area contributed by atoms with E-state index in [1.165, 1.54) is 24.3 Å². The Hall–Kier alpha value is -3.29. The molecule has 0 spiro atoms. The van der Waals surface area contributed by atoms with Gasteiger partial charge < -0.3 is 4.90 Å². The molecule has 1 saturated heterocycles. The highest BCUT2D eigenvalue weighted by atomic mass is 19.1. The number of likely N-dealkylation sites (tertiary alicyclic amines) is 1. The zero-order valence-electron chi connectivity index (χ0n) is 16.4. The molecule has 0 unspecified atom stereocenters. The van der Waals surface area contributed by atoms with Gasteiger partial charge in [0.1, 0.15) is 17.5 Å². The van der Waals surface area contributed by atoms with Gasteiger partial charge in [-0.1, -0.05) is 24.3 Å². The predicted molar refractivity (Wildman–Crippen MR) is 107 cm³/mol. The van der Waals surface area contributed by atoms with Gasteiger partial charge in [0.25, 0.3) is 0 Å². The maximum atomic E-state index is 13.3. The summed E-state index contributed by atoms with van der Waals surface area (Å²) >= 11 is 0. The summed E-state index contributed by atoms with van der Waals surface area (Å²) in [5.41, 5.74) is 1.16. The largest absolute Gasteiger partial charge is 0.343 e. The van der Waals surface area contributed by atoms with Crippen LogP contribution in [-0.2, 0) is 17.8 Å². The number of hydrogen-bond donors (Lipinski definition) is 1. The van der Waals surface area contributed by atoms with Crippen LogP contribution in [-0.4, -0.2) is 38.7 Å². The van der Waals surface area contributed by atoms with Crippen molar-refractivity contribution in [3.05, 3.63) is 87.6 Å². The van der Waals surface area contributed by atoms with E-state index in [9.17, 15) is 18.4 Å². The molecule has 1 amide bonds. The molecule has 30 heavy (non-hydrogen) atoms. The second-order valence-corrected chi connectivity index (χ2v) is 7.56. The van der Waals surface area contributed by atoms with Crippen LogP contribution in [0.25, 0.3) is 0 Å². The first-order chi connectivity index (χ1) is 14.5. The molecule has 0 radical (unpaired) electrons. The number of aromatic amines is 1. The first-order valence-corrected chi connectivity index (χ1v) is 9.91. The van der Waals surface area contributed by atoms with Gasteiger partial charge >= 0.3 is 5.69 Å². The van der Waals surface area contributed by atoms with Crippen LogP contribution < -0.4 is 5.69 Å². The molecule has 4 rings (SSSR count). The highest BCUT2D eigenvalue weighted by molar-refractivity contribution is 5.78. The summed E-state index contributed by atoms with van der Waals surface area (Å²) in [5.74, 6) is -0.0144. The summed E-state index contributed by atoms with van der Waals surface area (Å²) in [6.45, 7) is 1.41. The van der Waals surface area contributed by atoms with Gasteiger partial charge in [0.15, 0.2) is 0 Å². The first-order valence-electron chi connectivity index (χ1n) is 9.91. The van der Waals surface area contributed by atoms with E-state index in [0.717, 1.165) is 5.56 Å². The van der Waals surface area contributed by atoms with E-state index in [0.29, 0.717) is 43.9 Å². The van der Waals surface area contributed by atoms with Crippen LogP contribution in [0.4, 0.5) is 8.78 Å². The summed E-state index contributed by atoms with van der Waals surface area (Å²) in [4.78, 5) is 26.6. The number of nitrogens with one attached hydrogen (secondary N) is 1. The molecule has 0 bridgehead atoms. The number of amides is 1. The van der Waals surface area contributed by atoms with Gasteiger partial charge in [-0.25, -0.2) is 18.7 Å². The van der Waals surface area contributed by atoms with Crippen LogP contribution in [0.15, 0.2) is 53.3 Å². The smallest absolute Gasteiger partial charge is 0.342 e. The number of halogens is 2. The number of hydrogen-bond acceptors (Lipinski definition) is 3. The zero-order chi connectivity index (χ0) is 21.1. The van der Waals surface area contributed by atoms with Crippen LogP contribution in [0.5, 0.6) is 0 Å². The van der Waals surface area contributed by atoms with Gasteiger partial charge in [0.2, 0.25) is 5.91 Å². The van der Waals surface area contributed by atoms with Gasteiger partial charge in [-0.3, -0.25) is 9.36 Å². The van der Waals surface area contributed by atoms with Crippen LogP contribution in [0.2, 0.25) is 0 Å². The van der Waals surface area contributed by atoms with Crippen molar-refractivity contribution in [3.63, 3.8) is 0 Å². The molecule has 1 aliphatic heterocycles. The van der Waals surface area contributed by atoms with Crippen molar-refractivity contribution in [1.29, 1.82) is 0 Å². The molecule has 6 nitrogen and oxygen atoms in total. The molecule has 1 aromatic heterocycles. The maximum Gasteiger partial charge on any atom is 0.343 e. The third-order valence-electron chi connectivity index (χ3n) is 5.50. The Labute approximate surface area is 172 Å². The zero-order valence-corrected chi connectivity index (χ0v) is 16.4. The number of nitrogens with zero attached hydrogens (tertiary/aromatic N) is 3. The summed E-state index contributed by atoms with van der Waals surface area (Å²) in [6, 6.07) is 12.1. The average molecular weight is 412 g/mol. The van der Waals surface area contributed by atoms with Crippen LogP contribution in [0.3, 0.4) is 0 Å². The van der Waals surface area contributed by atoms with Gasteiger partial charge in [0.05, 0.1) is 13.0 Å². The fourth-order valence-corrected chi connectivity index (χ4v) is 3.89. The Balaban J connectivity index is 1.40. The normalized spacial score (nSPS) is 14.8. The Morgan fingerprint density at radius 2 is 1.77 bits per heavy atom.